The molecule has 1 aliphatic rings. The SMILES string of the molecule is Cc1ccc(NC(=O)[C@@H](C)SC2=NCC(=O)N2c2ccccc2Cl)cc1F. The molecule has 1 heterocycles. The van der Waals surface area contributed by atoms with E-state index in [4.69, 9.17) is 11.6 Å². The van der Waals surface area contributed by atoms with Gasteiger partial charge < -0.3 is 5.32 Å². The maximum absolute atomic E-state index is 13.6. The van der Waals surface area contributed by atoms with Crippen LogP contribution in [0.15, 0.2) is 47.5 Å². The van der Waals surface area contributed by atoms with Crippen molar-refractivity contribution < 1.29 is 14.0 Å². The molecule has 0 aromatic heterocycles. The molecule has 8 heteroatoms. The van der Waals surface area contributed by atoms with Gasteiger partial charge in [0, 0.05) is 5.69 Å². The number of amides is 2. The minimum atomic E-state index is -0.552. The van der Waals surface area contributed by atoms with Gasteiger partial charge in [0.1, 0.15) is 12.4 Å². The van der Waals surface area contributed by atoms with Crippen LogP contribution in [0.2, 0.25) is 5.02 Å². The molecule has 1 N–H and O–H groups in total. The molecule has 1 aliphatic heterocycles. The Hall–Kier alpha value is -2.38. The number of anilines is 2. The number of para-hydroxylation sites is 1. The molecule has 0 bridgehead atoms. The summed E-state index contributed by atoms with van der Waals surface area (Å²) in [5.74, 6) is -0.910. The van der Waals surface area contributed by atoms with Gasteiger partial charge in [0.15, 0.2) is 5.17 Å². The summed E-state index contributed by atoms with van der Waals surface area (Å²) in [5, 5.41) is 2.96. The van der Waals surface area contributed by atoms with Crippen LogP contribution in [0.3, 0.4) is 0 Å². The molecule has 0 radical (unpaired) electrons. The third kappa shape index (κ3) is 4.31. The van der Waals surface area contributed by atoms with Crippen molar-refractivity contribution in [1.82, 2.24) is 0 Å². The quantitative estimate of drug-likeness (QED) is 0.827. The van der Waals surface area contributed by atoms with Crippen LogP contribution < -0.4 is 10.2 Å². The largest absolute Gasteiger partial charge is 0.325 e. The van der Waals surface area contributed by atoms with Crippen LogP contribution in [0.25, 0.3) is 0 Å². The summed E-state index contributed by atoms with van der Waals surface area (Å²) < 4.78 is 13.6. The normalized spacial score (nSPS) is 14.9. The highest BCUT2D eigenvalue weighted by atomic mass is 35.5. The van der Waals surface area contributed by atoms with Crippen LogP contribution in [0.1, 0.15) is 12.5 Å². The number of halogens is 2. The van der Waals surface area contributed by atoms with Gasteiger partial charge in [-0.3, -0.25) is 19.5 Å². The first kappa shape index (κ1) is 19.4. The lowest BCUT2D eigenvalue weighted by Gasteiger charge is -2.21. The lowest BCUT2D eigenvalue weighted by molar-refractivity contribution is -0.116. The molecule has 2 aromatic rings. The second kappa shape index (κ2) is 8.10. The first-order chi connectivity index (χ1) is 12.9. The van der Waals surface area contributed by atoms with Gasteiger partial charge in [-0.2, -0.15) is 0 Å². The minimum Gasteiger partial charge on any atom is -0.325 e. The Bertz CT molecular complexity index is 935. The summed E-state index contributed by atoms with van der Waals surface area (Å²) in [6.07, 6.45) is 0. The maximum Gasteiger partial charge on any atom is 0.254 e. The van der Waals surface area contributed by atoms with Gasteiger partial charge in [-0.1, -0.05) is 41.6 Å². The minimum absolute atomic E-state index is 0.00503. The number of amidine groups is 1. The number of hydrogen-bond acceptors (Lipinski definition) is 4. The Kier molecular flexibility index (Phi) is 5.82. The van der Waals surface area contributed by atoms with Crippen LogP contribution in [0, 0.1) is 12.7 Å². The molecule has 27 heavy (non-hydrogen) atoms. The van der Waals surface area contributed by atoms with Gasteiger partial charge in [0.05, 0.1) is 16.0 Å². The summed E-state index contributed by atoms with van der Waals surface area (Å²) in [7, 11) is 0. The Balaban J connectivity index is 1.71. The van der Waals surface area contributed by atoms with E-state index < -0.39 is 5.25 Å². The fourth-order valence-electron chi connectivity index (χ4n) is 2.47. The van der Waals surface area contributed by atoms with Gasteiger partial charge in [0.2, 0.25) is 5.91 Å². The monoisotopic (exact) mass is 405 g/mol. The van der Waals surface area contributed by atoms with E-state index in [0.29, 0.717) is 27.1 Å². The fraction of sp³-hybridized carbons (Fsp3) is 0.211. The molecule has 1 atom stereocenters. The number of aliphatic imine (C=N–C) groups is 1. The predicted molar refractivity (Wildman–Crippen MR) is 108 cm³/mol. The average Bonchev–Trinajstić information content (AvgIpc) is 2.99. The van der Waals surface area contributed by atoms with E-state index in [2.05, 4.69) is 10.3 Å². The molecule has 0 spiro atoms. The number of thioether (sulfide) groups is 1. The highest BCUT2D eigenvalue weighted by molar-refractivity contribution is 8.15. The van der Waals surface area contributed by atoms with Gasteiger partial charge in [-0.15, -0.1) is 0 Å². The number of nitrogens with zero attached hydrogens (tertiary/aromatic N) is 2. The second-order valence-corrected chi connectivity index (χ2v) is 7.71. The molecule has 0 fully saturated rings. The van der Waals surface area contributed by atoms with E-state index in [9.17, 15) is 14.0 Å². The molecule has 2 aromatic carbocycles. The van der Waals surface area contributed by atoms with Crippen molar-refractivity contribution in [3.63, 3.8) is 0 Å². The smallest absolute Gasteiger partial charge is 0.254 e. The third-order valence-corrected chi connectivity index (χ3v) is 5.38. The summed E-state index contributed by atoms with van der Waals surface area (Å²) in [6.45, 7) is 3.35. The number of benzene rings is 2. The summed E-state index contributed by atoms with van der Waals surface area (Å²) in [6, 6.07) is 11.5. The molecule has 140 valence electrons. The average molecular weight is 406 g/mol. The van der Waals surface area contributed by atoms with Crippen molar-refractivity contribution in [2.24, 2.45) is 4.99 Å². The topological polar surface area (TPSA) is 61.8 Å². The lowest BCUT2D eigenvalue weighted by Crippen LogP contribution is -2.33. The van der Waals surface area contributed by atoms with E-state index >= 15 is 0 Å². The number of carbonyl (C=O) groups is 2. The van der Waals surface area contributed by atoms with Crippen molar-refractivity contribution in [3.05, 3.63) is 58.9 Å². The number of nitrogens with one attached hydrogen (secondary N) is 1. The van der Waals surface area contributed by atoms with Crippen LogP contribution in [0.4, 0.5) is 15.8 Å². The molecule has 0 saturated heterocycles. The van der Waals surface area contributed by atoms with Crippen LogP contribution in [-0.4, -0.2) is 28.8 Å². The molecular weight excluding hydrogens is 389 g/mol. The van der Waals surface area contributed by atoms with Gasteiger partial charge in [0.25, 0.3) is 5.91 Å². The van der Waals surface area contributed by atoms with E-state index in [0.717, 1.165) is 11.8 Å². The highest BCUT2D eigenvalue weighted by Gasteiger charge is 2.31. The molecule has 0 unspecified atom stereocenters. The van der Waals surface area contributed by atoms with Crippen molar-refractivity contribution >= 4 is 51.7 Å². The first-order valence-corrected chi connectivity index (χ1v) is 9.48. The third-order valence-electron chi connectivity index (χ3n) is 3.97. The summed E-state index contributed by atoms with van der Waals surface area (Å²) in [4.78, 5) is 30.3. The predicted octanol–water partition coefficient (Wildman–Crippen LogP) is 4.25. The zero-order valence-corrected chi connectivity index (χ0v) is 16.3. The Morgan fingerprint density at radius 3 is 2.78 bits per heavy atom. The Morgan fingerprint density at radius 1 is 1.33 bits per heavy atom. The molecule has 3 rings (SSSR count). The summed E-state index contributed by atoms with van der Waals surface area (Å²) >= 11 is 7.34. The van der Waals surface area contributed by atoms with Crippen molar-refractivity contribution in [1.29, 1.82) is 0 Å². The molecule has 5 nitrogen and oxygen atoms in total. The van der Waals surface area contributed by atoms with Crippen LogP contribution in [0.5, 0.6) is 0 Å². The second-order valence-electron chi connectivity index (χ2n) is 5.99. The Morgan fingerprint density at radius 2 is 2.07 bits per heavy atom. The standard InChI is InChI=1S/C19H17ClFN3O2S/c1-11-7-8-13(9-15(11)21)23-18(26)12(2)27-19-22-10-17(25)24(19)16-6-4-3-5-14(16)20/h3-9,12H,10H2,1-2H3,(H,23,26)/t12-/m1/s1. The van der Waals surface area contributed by atoms with Crippen molar-refractivity contribution in [3.8, 4) is 0 Å². The van der Waals surface area contributed by atoms with Crippen molar-refractivity contribution in [2.45, 2.75) is 19.1 Å². The van der Waals surface area contributed by atoms with Crippen LogP contribution >= 0.6 is 23.4 Å². The van der Waals surface area contributed by atoms with Crippen molar-refractivity contribution in [2.75, 3.05) is 16.8 Å². The van der Waals surface area contributed by atoms with Gasteiger partial charge in [-0.25, -0.2) is 4.39 Å². The number of hydrogen-bond donors (Lipinski definition) is 1. The van der Waals surface area contributed by atoms with Crippen LogP contribution in [-0.2, 0) is 9.59 Å². The Labute approximate surface area is 165 Å². The van der Waals surface area contributed by atoms with E-state index in [1.165, 1.54) is 11.0 Å². The fourth-order valence-corrected chi connectivity index (χ4v) is 3.62. The first-order valence-electron chi connectivity index (χ1n) is 8.22. The van der Waals surface area contributed by atoms with E-state index in [1.807, 2.05) is 0 Å². The highest BCUT2D eigenvalue weighted by Crippen LogP contribution is 2.31. The summed E-state index contributed by atoms with van der Waals surface area (Å²) in [5.41, 5.74) is 1.41. The molecule has 0 saturated carbocycles. The molecule has 0 aliphatic carbocycles. The van der Waals surface area contributed by atoms with E-state index in [1.54, 1.807) is 50.2 Å². The molecule has 2 amide bonds. The zero-order valence-electron chi connectivity index (χ0n) is 14.7. The zero-order chi connectivity index (χ0) is 19.6. The van der Waals surface area contributed by atoms with E-state index in [-0.39, 0.29) is 24.2 Å². The molecular formula is C19H17ClFN3O2S. The maximum atomic E-state index is 13.6. The number of carbonyl (C=O) groups excluding carboxylic acids is 2. The lowest BCUT2D eigenvalue weighted by atomic mass is 10.2. The number of rotatable bonds is 4. The van der Waals surface area contributed by atoms with Gasteiger partial charge >= 0.3 is 0 Å². The number of aryl methyl sites for hydroxylation is 1. The van der Waals surface area contributed by atoms with Gasteiger partial charge in [-0.05, 0) is 43.7 Å².